The third-order valence-corrected chi connectivity index (χ3v) is 4.87. The molecular weight excluding hydrogens is 288 g/mol. The molecule has 0 aliphatic carbocycles. The molecule has 1 aromatic carbocycles. The lowest BCUT2D eigenvalue weighted by atomic mass is 9.92. The van der Waals surface area contributed by atoms with Crippen molar-refractivity contribution in [1.82, 2.24) is 5.32 Å². The molecule has 1 aromatic rings. The van der Waals surface area contributed by atoms with Crippen LogP contribution in [0.3, 0.4) is 0 Å². The van der Waals surface area contributed by atoms with Crippen LogP contribution in [-0.4, -0.2) is 30.8 Å². The number of rotatable bonds is 4. The summed E-state index contributed by atoms with van der Waals surface area (Å²) in [6.45, 7) is 3.76. The van der Waals surface area contributed by atoms with E-state index < -0.39 is 0 Å². The van der Waals surface area contributed by atoms with Crippen LogP contribution in [0, 0.1) is 0 Å². The van der Waals surface area contributed by atoms with Gasteiger partial charge in [0.15, 0.2) is 5.78 Å². The number of ketones is 1. The second-order valence-electron chi connectivity index (χ2n) is 6.61. The molecular formula is C19H26N2O2. The number of carbonyl (C=O) groups excluding carboxylic acids is 2. The van der Waals surface area contributed by atoms with Crippen LogP contribution in [0.15, 0.2) is 18.2 Å². The van der Waals surface area contributed by atoms with Gasteiger partial charge in [-0.2, -0.15) is 0 Å². The standard InChI is InChI=1S/C19H26N2O2/c1-2-6-18(22)21-12-5-7-14-13-15(9-10-17(14)21)19(23)16-8-3-4-11-20-16/h9-10,13,16,20H,2-8,11-12H2,1H3. The minimum atomic E-state index is -0.0387. The van der Waals surface area contributed by atoms with Crippen LogP contribution in [-0.2, 0) is 11.2 Å². The van der Waals surface area contributed by atoms with E-state index >= 15 is 0 Å². The Balaban J connectivity index is 1.81. The lowest BCUT2D eigenvalue weighted by Gasteiger charge is -2.30. The third-order valence-electron chi connectivity index (χ3n) is 4.87. The lowest BCUT2D eigenvalue weighted by Crippen LogP contribution is -2.40. The van der Waals surface area contributed by atoms with Gasteiger partial charge in [0.1, 0.15) is 0 Å². The number of Topliss-reactive ketones (excluding diaryl/α,β-unsaturated/α-hetero) is 1. The molecule has 1 unspecified atom stereocenters. The van der Waals surface area contributed by atoms with Gasteiger partial charge in [0.2, 0.25) is 5.91 Å². The average molecular weight is 314 g/mol. The number of carbonyl (C=O) groups is 2. The fourth-order valence-corrected chi connectivity index (χ4v) is 3.64. The van der Waals surface area contributed by atoms with Gasteiger partial charge in [0, 0.05) is 24.2 Å². The predicted octanol–water partition coefficient (Wildman–Crippen LogP) is 3.09. The van der Waals surface area contributed by atoms with Gasteiger partial charge < -0.3 is 10.2 Å². The van der Waals surface area contributed by atoms with Crippen molar-refractivity contribution in [2.75, 3.05) is 18.0 Å². The lowest BCUT2D eigenvalue weighted by molar-refractivity contribution is -0.118. The number of nitrogens with zero attached hydrogens (tertiary/aromatic N) is 1. The zero-order valence-electron chi connectivity index (χ0n) is 13.9. The highest BCUT2D eigenvalue weighted by molar-refractivity contribution is 6.01. The number of hydrogen-bond donors (Lipinski definition) is 1. The highest BCUT2D eigenvalue weighted by atomic mass is 16.2. The van der Waals surface area contributed by atoms with Crippen molar-refractivity contribution in [3.05, 3.63) is 29.3 Å². The van der Waals surface area contributed by atoms with Crippen LogP contribution < -0.4 is 10.2 Å². The largest absolute Gasteiger partial charge is 0.312 e. The smallest absolute Gasteiger partial charge is 0.226 e. The highest BCUT2D eigenvalue weighted by Crippen LogP contribution is 2.29. The summed E-state index contributed by atoms with van der Waals surface area (Å²) in [5, 5.41) is 3.33. The third kappa shape index (κ3) is 3.47. The van der Waals surface area contributed by atoms with Gasteiger partial charge in [-0.05, 0) is 62.4 Å². The van der Waals surface area contributed by atoms with Crippen molar-refractivity contribution in [2.45, 2.75) is 57.9 Å². The molecule has 2 aliphatic rings. The second kappa shape index (κ2) is 7.26. The van der Waals surface area contributed by atoms with Gasteiger partial charge in [0.05, 0.1) is 6.04 Å². The SMILES string of the molecule is CCCC(=O)N1CCCc2cc(C(=O)C3CCCCN3)ccc21. The van der Waals surface area contributed by atoms with E-state index in [4.69, 9.17) is 0 Å². The number of benzene rings is 1. The Hall–Kier alpha value is -1.68. The normalized spacial score (nSPS) is 20.9. The van der Waals surface area contributed by atoms with Gasteiger partial charge in [0.25, 0.3) is 0 Å². The van der Waals surface area contributed by atoms with Gasteiger partial charge in [-0.3, -0.25) is 9.59 Å². The van der Waals surface area contributed by atoms with Crippen molar-refractivity contribution < 1.29 is 9.59 Å². The Morgan fingerprint density at radius 1 is 1.26 bits per heavy atom. The summed E-state index contributed by atoms with van der Waals surface area (Å²) in [6.07, 6.45) is 6.58. The van der Waals surface area contributed by atoms with Gasteiger partial charge in [-0.25, -0.2) is 0 Å². The molecule has 0 aromatic heterocycles. The number of amides is 1. The van der Waals surface area contributed by atoms with E-state index in [0.29, 0.717) is 6.42 Å². The zero-order chi connectivity index (χ0) is 16.2. The molecule has 1 fully saturated rings. The average Bonchev–Trinajstić information content (AvgIpc) is 2.61. The first-order valence-electron chi connectivity index (χ1n) is 8.91. The van der Waals surface area contributed by atoms with E-state index in [1.165, 1.54) is 0 Å². The first kappa shape index (κ1) is 16.2. The van der Waals surface area contributed by atoms with Crippen LogP contribution in [0.1, 0.15) is 61.4 Å². The fraction of sp³-hybridized carbons (Fsp3) is 0.579. The van der Waals surface area contributed by atoms with E-state index in [0.717, 1.165) is 68.4 Å². The molecule has 4 heteroatoms. The minimum absolute atomic E-state index is 0.0387. The van der Waals surface area contributed by atoms with Crippen molar-refractivity contribution in [3.8, 4) is 0 Å². The van der Waals surface area contributed by atoms with E-state index in [1.807, 2.05) is 30.0 Å². The van der Waals surface area contributed by atoms with Crippen molar-refractivity contribution >= 4 is 17.4 Å². The van der Waals surface area contributed by atoms with E-state index in [1.54, 1.807) is 0 Å². The number of nitrogens with one attached hydrogen (secondary N) is 1. The van der Waals surface area contributed by atoms with Crippen LogP contribution in [0.4, 0.5) is 5.69 Å². The number of fused-ring (bicyclic) bond motifs is 1. The summed E-state index contributed by atoms with van der Waals surface area (Å²) in [7, 11) is 0. The molecule has 2 aliphatic heterocycles. The quantitative estimate of drug-likeness (QED) is 0.869. The maximum Gasteiger partial charge on any atom is 0.226 e. The molecule has 3 rings (SSSR count). The van der Waals surface area contributed by atoms with E-state index in [2.05, 4.69) is 5.32 Å². The Morgan fingerprint density at radius 2 is 2.13 bits per heavy atom. The molecule has 124 valence electrons. The summed E-state index contributed by atoms with van der Waals surface area (Å²) >= 11 is 0. The molecule has 0 saturated carbocycles. The van der Waals surface area contributed by atoms with E-state index in [9.17, 15) is 9.59 Å². The molecule has 0 bridgehead atoms. The maximum absolute atomic E-state index is 12.7. The van der Waals surface area contributed by atoms with Crippen LogP contribution >= 0.6 is 0 Å². The Kier molecular flexibility index (Phi) is 5.11. The topological polar surface area (TPSA) is 49.4 Å². The highest BCUT2D eigenvalue weighted by Gasteiger charge is 2.25. The van der Waals surface area contributed by atoms with Gasteiger partial charge in [-0.15, -0.1) is 0 Å². The van der Waals surface area contributed by atoms with Gasteiger partial charge in [-0.1, -0.05) is 13.3 Å². The fourth-order valence-electron chi connectivity index (χ4n) is 3.64. The number of piperidine rings is 1. The van der Waals surface area contributed by atoms with Crippen molar-refractivity contribution in [1.29, 1.82) is 0 Å². The summed E-state index contributed by atoms with van der Waals surface area (Å²) < 4.78 is 0. The molecule has 4 nitrogen and oxygen atoms in total. The molecule has 2 heterocycles. The van der Waals surface area contributed by atoms with Gasteiger partial charge >= 0.3 is 0 Å². The molecule has 1 atom stereocenters. The van der Waals surface area contributed by atoms with Crippen LogP contribution in [0.5, 0.6) is 0 Å². The molecule has 23 heavy (non-hydrogen) atoms. The summed E-state index contributed by atoms with van der Waals surface area (Å²) in [6, 6.07) is 5.84. The van der Waals surface area contributed by atoms with E-state index in [-0.39, 0.29) is 17.7 Å². The number of anilines is 1. The Bertz CT molecular complexity index is 591. The first-order valence-corrected chi connectivity index (χ1v) is 8.91. The van der Waals surface area contributed by atoms with Crippen LogP contribution in [0.25, 0.3) is 0 Å². The number of hydrogen-bond acceptors (Lipinski definition) is 3. The van der Waals surface area contributed by atoms with Crippen LogP contribution in [0.2, 0.25) is 0 Å². The molecule has 0 radical (unpaired) electrons. The minimum Gasteiger partial charge on any atom is -0.312 e. The number of aryl methyl sites for hydroxylation is 1. The summed E-state index contributed by atoms with van der Waals surface area (Å²) in [5.74, 6) is 0.394. The maximum atomic E-state index is 12.7. The molecule has 0 spiro atoms. The molecule has 1 amide bonds. The Morgan fingerprint density at radius 3 is 2.87 bits per heavy atom. The second-order valence-corrected chi connectivity index (χ2v) is 6.61. The zero-order valence-corrected chi connectivity index (χ0v) is 13.9. The predicted molar refractivity (Wildman–Crippen MR) is 92.0 cm³/mol. The summed E-state index contributed by atoms with van der Waals surface area (Å²) in [5.41, 5.74) is 2.93. The summed E-state index contributed by atoms with van der Waals surface area (Å²) in [4.78, 5) is 26.8. The van der Waals surface area contributed by atoms with Crippen molar-refractivity contribution in [3.63, 3.8) is 0 Å². The first-order chi connectivity index (χ1) is 11.2. The molecule has 1 saturated heterocycles. The Labute approximate surface area is 138 Å². The molecule has 1 N–H and O–H groups in total. The van der Waals surface area contributed by atoms with Crippen molar-refractivity contribution in [2.24, 2.45) is 0 Å². The monoisotopic (exact) mass is 314 g/mol.